The summed E-state index contributed by atoms with van der Waals surface area (Å²) in [6, 6.07) is 1.72. The van der Waals surface area contributed by atoms with E-state index in [-0.39, 0.29) is 5.91 Å². The topological polar surface area (TPSA) is 61.6 Å². The highest BCUT2D eigenvalue weighted by atomic mass is 16.5. The maximum atomic E-state index is 11.8. The van der Waals surface area contributed by atoms with Crippen LogP contribution in [0, 0.1) is 12.8 Å². The van der Waals surface area contributed by atoms with Crippen molar-refractivity contribution < 1.29 is 9.32 Å². The second-order valence-electron chi connectivity index (χ2n) is 6.16. The Labute approximate surface area is 126 Å². The number of nitrogens with one attached hydrogen (secondary N) is 1. The van der Waals surface area contributed by atoms with E-state index in [0.717, 1.165) is 32.7 Å². The van der Waals surface area contributed by atoms with Crippen molar-refractivity contribution in [3.63, 3.8) is 0 Å². The molecule has 1 aromatic rings. The molecule has 0 radical (unpaired) electrons. The number of hydrogen-bond donors (Lipinski definition) is 1. The van der Waals surface area contributed by atoms with Crippen molar-refractivity contribution in [1.29, 1.82) is 0 Å². The van der Waals surface area contributed by atoms with E-state index in [1.807, 2.05) is 0 Å². The van der Waals surface area contributed by atoms with Crippen LogP contribution in [0.5, 0.6) is 0 Å². The summed E-state index contributed by atoms with van der Waals surface area (Å²) in [4.78, 5) is 16.7. The van der Waals surface area contributed by atoms with Gasteiger partial charge in [-0.25, -0.2) is 0 Å². The van der Waals surface area contributed by atoms with Gasteiger partial charge in [-0.1, -0.05) is 19.0 Å². The molecule has 21 heavy (non-hydrogen) atoms. The fraction of sp³-hybridized carbons (Fsp3) is 0.733. The minimum atomic E-state index is -0.00656. The van der Waals surface area contributed by atoms with Crippen LogP contribution in [-0.2, 0) is 4.79 Å². The first-order chi connectivity index (χ1) is 10.0. The average molecular weight is 294 g/mol. The van der Waals surface area contributed by atoms with Crippen LogP contribution in [0.1, 0.15) is 26.0 Å². The van der Waals surface area contributed by atoms with Gasteiger partial charge >= 0.3 is 0 Å². The van der Waals surface area contributed by atoms with Gasteiger partial charge in [-0.05, 0) is 12.8 Å². The minimum Gasteiger partial charge on any atom is -0.360 e. The molecule has 0 unspecified atom stereocenters. The molecule has 2 heterocycles. The standard InChI is InChI=1S/C15H26N4O2/c1-12(2)11-19-8-6-18(7-9-19)5-4-15(20)16-14-10-13(3)21-17-14/h10,12H,4-9,11H2,1-3H3,(H,16,17,20). The van der Waals surface area contributed by atoms with E-state index in [9.17, 15) is 4.79 Å². The van der Waals surface area contributed by atoms with Crippen molar-refractivity contribution in [1.82, 2.24) is 15.0 Å². The van der Waals surface area contributed by atoms with Crippen LogP contribution in [0.15, 0.2) is 10.6 Å². The van der Waals surface area contributed by atoms with E-state index >= 15 is 0 Å². The summed E-state index contributed by atoms with van der Waals surface area (Å²) in [5.74, 6) is 1.91. The molecule has 1 aliphatic rings. The lowest BCUT2D eigenvalue weighted by Gasteiger charge is -2.35. The molecule has 6 nitrogen and oxygen atoms in total. The molecule has 2 rings (SSSR count). The second-order valence-corrected chi connectivity index (χ2v) is 6.16. The molecule has 1 N–H and O–H groups in total. The highest BCUT2D eigenvalue weighted by Gasteiger charge is 2.18. The van der Waals surface area contributed by atoms with Crippen molar-refractivity contribution in [2.75, 3.05) is 44.6 Å². The Bertz CT molecular complexity index is 450. The van der Waals surface area contributed by atoms with Gasteiger partial charge in [0.15, 0.2) is 5.82 Å². The monoisotopic (exact) mass is 294 g/mol. The lowest BCUT2D eigenvalue weighted by molar-refractivity contribution is -0.116. The van der Waals surface area contributed by atoms with E-state index in [4.69, 9.17) is 4.52 Å². The number of piperazine rings is 1. The van der Waals surface area contributed by atoms with Gasteiger partial charge in [0.05, 0.1) is 0 Å². The zero-order valence-corrected chi connectivity index (χ0v) is 13.3. The Balaban J connectivity index is 1.64. The molecule has 0 aliphatic carbocycles. The van der Waals surface area contributed by atoms with Crippen molar-refractivity contribution >= 4 is 11.7 Å². The Morgan fingerprint density at radius 1 is 1.33 bits per heavy atom. The van der Waals surface area contributed by atoms with Crippen LogP contribution in [0.2, 0.25) is 0 Å². The predicted octanol–water partition coefficient (Wildman–Crippen LogP) is 1.59. The lowest BCUT2D eigenvalue weighted by Crippen LogP contribution is -2.47. The Morgan fingerprint density at radius 2 is 2.00 bits per heavy atom. The molecule has 1 aromatic heterocycles. The van der Waals surface area contributed by atoms with E-state index in [0.29, 0.717) is 23.9 Å². The molecule has 0 spiro atoms. The number of amides is 1. The summed E-state index contributed by atoms with van der Waals surface area (Å²) in [6.45, 7) is 12.6. The van der Waals surface area contributed by atoms with Crippen molar-refractivity contribution in [2.45, 2.75) is 27.2 Å². The number of hydrogen-bond acceptors (Lipinski definition) is 5. The number of carbonyl (C=O) groups is 1. The van der Waals surface area contributed by atoms with E-state index in [2.05, 4.69) is 34.1 Å². The fourth-order valence-corrected chi connectivity index (χ4v) is 2.60. The van der Waals surface area contributed by atoms with E-state index in [1.54, 1.807) is 13.0 Å². The maximum Gasteiger partial charge on any atom is 0.226 e. The Morgan fingerprint density at radius 3 is 2.57 bits per heavy atom. The van der Waals surface area contributed by atoms with E-state index < -0.39 is 0 Å². The molecule has 1 aliphatic heterocycles. The molecule has 1 amide bonds. The molecular formula is C15H26N4O2. The average Bonchev–Trinajstić information content (AvgIpc) is 2.83. The summed E-state index contributed by atoms with van der Waals surface area (Å²) >= 11 is 0. The first-order valence-electron chi connectivity index (χ1n) is 7.71. The molecule has 0 saturated carbocycles. The van der Waals surface area contributed by atoms with Crippen LogP contribution in [0.4, 0.5) is 5.82 Å². The molecule has 118 valence electrons. The third-order valence-electron chi connectivity index (χ3n) is 3.64. The van der Waals surface area contributed by atoms with Crippen LogP contribution < -0.4 is 5.32 Å². The third kappa shape index (κ3) is 5.47. The van der Waals surface area contributed by atoms with Gasteiger partial charge in [0.1, 0.15) is 5.76 Å². The summed E-state index contributed by atoms with van der Waals surface area (Å²) in [5.41, 5.74) is 0. The van der Waals surface area contributed by atoms with Crippen molar-refractivity contribution in [2.24, 2.45) is 5.92 Å². The molecule has 0 aromatic carbocycles. The third-order valence-corrected chi connectivity index (χ3v) is 3.64. The van der Waals surface area contributed by atoms with E-state index in [1.165, 1.54) is 6.54 Å². The number of aryl methyl sites for hydroxylation is 1. The van der Waals surface area contributed by atoms with Crippen LogP contribution in [0.25, 0.3) is 0 Å². The summed E-state index contributed by atoms with van der Waals surface area (Å²) in [7, 11) is 0. The van der Waals surface area contributed by atoms with Gasteiger partial charge in [-0.15, -0.1) is 0 Å². The zero-order valence-electron chi connectivity index (χ0n) is 13.3. The predicted molar refractivity (Wildman–Crippen MR) is 82.2 cm³/mol. The van der Waals surface area contributed by atoms with Gasteiger partial charge in [0, 0.05) is 51.8 Å². The Hall–Kier alpha value is -1.40. The molecule has 1 fully saturated rings. The van der Waals surface area contributed by atoms with Gasteiger partial charge in [-0.2, -0.15) is 0 Å². The zero-order chi connectivity index (χ0) is 15.2. The number of rotatable bonds is 6. The quantitative estimate of drug-likeness (QED) is 0.863. The van der Waals surface area contributed by atoms with Crippen molar-refractivity contribution in [3.05, 3.63) is 11.8 Å². The van der Waals surface area contributed by atoms with Crippen LogP contribution in [0.3, 0.4) is 0 Å². The maximum absolute atomic E-state index is 11.8. The van der Waals surface area contributed by atoms with Gasteiger partial charge in [0.2, 0.25) is 5.91 Å². The number of nitrogens with zero attached hydrogens (tertiary/aromatic N) is 3. The highest BCUT2D eigenvalue weighted by Crippen LogP contribution is 2.09. The number of anilines is 1. The summed E-state index contributed by atoms with van der Waals surface area (Å²) < 4.78 is 4.92. The molecule has 0 bridgehead atoms. The molecular weight excluding hydrogens is 268 g/mol. The fourth-order valence-electron chi connectivity index (χ4n) is 2.60. The molecule has 0 atom stereocenters. The van der Waals surface area contributed by atoms with Gasteiger partial charge in [0.25, 0.3) is 0 Å². The van der Waals surface area contributed by atoms with Crippen molar-refractivity contribution in [3.8, 4) is 0 Å². The van der Waals surface area contributed by atoms with Gasteiger partial charge < -0.3 is 19.6 Å². The highest BCUT2D eigenvalue weighted by molar-refractivity contribution is 5.89. The minimum absolute atomic E-state index is 0.00656. The normalized spacial score (nSPS) is 17.3. The Kier molecular flexibility index (Phi) is 5.76. The molecule has 1 saturated heterocycles. The van der Waals surface area contributed by atoms with Gasteiger partial charge in [-0.3, -0.25) is 4.79 Å². The lowest BCUT2D eigenvalue weighted by atomic mass is 10.2. The summed E-state index contributed by atoms with van der Waals surface area (Å²) in [5, 5.41) is 6.52. The number of aromatic nitrogens is 1. The van der Waals surface area contributed by atoms with Crippen LogP contribution >= 0.6 is 0 Å². The first kappa shape index (κ1) is 16.0. The smallest absolute Gasteiger partial charge is 0.226 e. The van der Waals surface area contributed by atoms with Crippen LogP contribution in [-0.4, -0.2) is 60.1 Å². The SMILES string of the molecule is Cc1cc(NC(=O)CCN2CCN(CC(C)C)CC2)no1. The first-order valence-corrected chi connectivity index (χ1v) is 7.71. The molecule has 6 heteroatoms. The second kappa shape index (κ2) is 7.56. The number of carbonyl (C=O) groups excluding carboxylic acids is 1. The largest absolute Gasteiger partial charge is 0.360 e. The summed E-state index contributed by atoms with van der Waals surface area (Å²) in [6.07, 6.45) is 0.496.